The van der Waals surface area contributed by atoms with E-state index in [-0.39, 0.29) is 17.6 Å². The van der Waals surface area contributed by atoms with Gasteiger partial charge in [0.25, 0.3) is 5.91 Å². The number of rotatable bonds is 3. The summed E-state index contributed by atoms with van der Waals surface area (Å²) in [4.78, 5) is 25.8. The van der Waals surface area contributed by atoms with Gasteiger partial charge in [-0.15, -0.1) is 0 Å². The van der Waals surface area contributed by atoms with Crippen molar-refractivity contribution >= 4 is 11.7 Å². The van der Waals surface area contributed by atoms with Gasteiger partial charge in [-0.2, -0.15) is 13.2 Å². The average Bonchev–Trinajstić information content (AvgIpc) is 2.67. The molecule has 6 heteroatoms. The maximum absolute atomic E-state index is 13.2. The van der Waals surface area contributed by atoms with Crippen molar-refractivity contribution in [1.82, 2.24) is 4.90 Å². The molecule has 0 unspecified atom stereocenters. The summed E-state index contributed by atoms with van der Waals surface area (Å²) >= 11 is 0. The van der Waals surface area contributed by atoms with Gasteiger partial charge in [0.05, 0.1) is 5.56 Å². The fourth-order valence-electron chi connectivity index (χ4n) is 3.56. The van der Waals surface area contributed by atoms with Gasteiger partial charge in [0.1, 0.15) is 0 Å². The Kier molecular flexibility index (Phi) is 5.35. The largest absolute Gasteiger partial charge is 0.416 e. The van der Waals surface area contributed by atoms with E-state index in [2.05, 4.69) is 0 Å². The summed E-state index contributed by atoms with van der Waals surface area (Å²) in [5, 5.41) is 0. The number of hydrogen-bond donors (Lipinski definition) is 0. The number of Topliss-reactive ketones (excluding diaryl/α,β-unsaturated/α-hetero) is 1. The highest BCUT2D eigenvalue weighted by atomic mass is 19.4. The number of carbonyl (C=O) groups is 2. The third kappa shape index (κ3) is 4.21. The molecule has 0 bridgehead atoms. The molecule has 0 aliphatic carbocycles. The zero-order valence-corrected chi connectivity index (χ0v) is 14.9. The standard InChI is InChI=1S/C21H20F3NO2/c1-14(26)16-5-4-6-17(13-16)20(27)25-11-9-15(10-12-25)18-7-2-3-8-19(18)21(22,23)24/h2-8,13,15H,9-12H2,1H3. The summed E-state index contributed by atoms with van der Waals surface area (Å²) < 4.78 is 39.7. The van der Waals surface area contributed by atoms with Gasteiger partial charge >= 0.3 is 6.18 Å². The number of amides is 1. The number of hydrogen-bond acceptors (Lipinski definition) is 2. The van der Waals surface area contributed by atoms with E-state index in [0.29, 0.717) is 42.6 Å². The molecule has 2 aromatic rings. The van der Waals surface area contributed by atoms with Crippen LogP contribution in [0, 0.1) is 0 Å². The smallest absolute Gasteiger partial charge is 0.339 e. The number of nitrogens with zero attached hydrogens (tertiary/aromatic N) is 1. The molecule has 1 aliphatic rings. The Hall–Kier alpha value is -2.63. The Labute approximate surface area is 155 Å². The second-order valence-electron chi connectivity index (χ2n) is 6.79. The lowest BCUT2D eigenvalue weighted by Gasteiger charge is -2.33. The Morgan fingerprint density at radius 1 is 0.963 bits per heavy atom. The summed E-state index contributed by atoms with van der Waals surface area (Å²) in [7, 11) is 0. The van der Waals surface area contributed by atoms with E-state index in [1.807, 2.05) is 0 Å². The molecule has 0 N–H and O–H groups in total. The van der Waals surface area contributed by atoms with Crippen molar-refractivity contribution in [3.63, 3.8) is 0 Å². The van der Waals surface area contributed by atoms with Crippen molar-refractivity contribution in [2.24, 2.45) is 0 Å². The highest BCUT2D eigenvalue weighted by molar-refractivity contribution is 5.99. The summed E-state index contributed by atoms with van der Waals surface area (Å²) in [6.07, 6.45) is -3.42. The fourth-order valence-corrected chi connectivity index (χ4v) is 3.56. The van der Waals surface area contributed by atoms with Crippen LogP contribution >= 0.6 is 0 Å². The molecule has 3 rings (SSSR count). The van der Waals surface area contributed by atoms with Crippen molar-refractivity contribution in [2.75, 3.05) is 13.1 Å². The summed E-state index contributed by atoms with van der Waals surface area (Å²) in [6.45, 7) is 2.22. The topological polar surface area (TPSA) is 37.4 Å². The Morgan fingerprint density at radius 2 is 1.59 bits per heavy atom. The molecule has 1 aliphatic heterocycles. The first kappa shape index (κ1) is 19.1. The van der Waals surface area contributed by atoms with Crippen molar-refractivity contribution in [3.05, 3.63) is 70.8 Å². The third-order valence-corrected chi connectivity index (χ3v) is 5.00. The summed E-state index contributed by atoms with van der Waals surface area (Å²) in [5.41, 5.74) is 0.603. The van der Waals surface area contributed by atoms with E-state index in [4.69, 9.17) is 0 Å². The monoisotopic (exact) mass is 375 g/mol. The molecular formula is C21H20F3NO2. The molecule has 142 valence electrons. The summed E-state index contributed by atoms with van der Waals surface area (Å²) in [6, 6.07) is 12.2. The zero-order valence-electron chi connectivity index (χ0n) is 14.9. The predicted molar refractivity (Wildman–Crippen MR) is 95.8 cm³/mol. The molecule has 0 atom stereocenters. The highest BCUT2D eigenvalue weighted by Crippen LogP contribution is 2.38. The lowest BCUT2D eigenvalue weighted by Crippen LogP contribution is -2.38. The van der Waals surface area contributed by atoms with Gasteiger partial charge in [0, 0.05) is 24.2 Å². The minimum absolute atomic E-state index is 0.118. The lowest BCUT2D eigenvalue weighted by atomic mass is 9.86. The van der Waals surface area contributed by atoms with E-state index >= 15 is 0 Å². The minimum atomic E-state index is -4.38. The molecule has 1 heterocycles. The van der Waals surface area contributed by atoms with E-state index in [1.54, 1.807) is 35.2 Å². The van der Waals surface area contributed by atoms with Gasteiger partial charge < -0.3 is 4.90 Å². The van der Waals surface area contributed by atoms with Gasteiger partial charge in [-0.05, 0) is 49.4 Å². The van der Waals surface area contributed by atoms with E-state index in [1.165, 1.54) is 19.1 Å². The quantitative estimate of drug-likeness (QED) is 0.714. The molecule has 0 spiro atoms. The van der Waals surface area contributed by atoms with Gasteiger partial charge in [-0.25, -0.2) is 0 Å². The van der Waals surface area contributed by atoms with Crippen molar-refractivity contribution in [3.8, 4) is 0 Å². The molecule has 0 saturated carbocycles. The molecule has 1 saturated heterocycles. The van der Waals surface area contributed by atoms with Crippen LogP contribution in [0.3, 0.4) is 0 Å². The fraction of sp³-hybridized carbons (Fsp3) is 0.333. The molecule has 0 aromatic heterocycles. The molecule has 0 radical (unpaired) electrons. The maximum atomic E-state index is 13.2. The first-order chi connectivity index (χ1) is 12.8. The van der Waals surface area contributed by atoms with Crippen LogP contribution < -0.4 is 0 Å². The Morgan fingerprint density at radius 3 is 2.22 bits per heavy atom. The first-order valence-corrected chi connectivity index (χ1v) is 8.84. The van der Waals surface area contributed by atoms with Crippen molar-refractivity contribution in [1.29, 1.82) is 0 Å². The highest BCUT2D eigenvalue weighted by Gasteiger charge is 2.36. The zero-order chi connectivity index (χ0) is 19.6. The second-order valence-corrected chi connectivity index (χ2v) is 6.79. The number of carbonyl (C=O) groups excluding carboxylic acids is 2. The van der Waals surface area contributed by atoms with Crippen LogP contribution in [0.1, 0.15) is 57.5 Å². The van der Waals surface area contributed by atoms with Crippen LogP contribution in [0.4, 0.5) is 13.2 Å². The van der Waals surface area contributed by atoms with Crippen LogP contribution in [0.25, 0.3) is 0 Å². The van der Waals surface area contributed by atoms with Crippen LogP contribution in [-0.4, -0.2) is 29.7 Å². The number of piperidine rings is 1. The number of likely N-dealkylation sites (tertiary alicyclic amines) is 1. The van der Waals surface area contributed by atoms with Gasteiger partial charge in [0.15, 0.2) is 5.78 Å². The molecule has 2 aromatic carbocycles. The Bertz CT molecular complexity index is 853. The van der Waals surface area contributed by atoms with E-state index in [9.17, 15) is 22.8 Å². The normalized spacial score (nSPS) is 15.6. The lowest BCUT2D eigenvalue weighted by molar-refractivity contribution is -0.138. The molecule has 1 amide bonds. The summed E-state index contributed by atoms with van der Waals surface area (Å²) in [5.74, 6) is -0.539. The SMILES string of the molecule is CC(=O)c1cccc(C(=O)N2CCC(c3ccccc3C(F)(F)F)CC2)c1. The van der Waals surface area contributed by atoms with Crippen LogP contribution in [0.2, 0.25) is 0 Å². The van der Waals surface area contributed by atoms with Crippen LogP contribution in [0.5, 0.6) is 0 Å². The first-order valence-electron chi connectivity index (χ1n) is 8.84. The van der Waals surface area contributed by atoms with Gasteiger partial charge in [-0.3, -0.25) is 9.59 Å². The second kappa shape index (κ2) is 7.55. The number of benzene rings is 2. The number of ketones is 1. The van der Waals surface area contributed by atoms with Crippen LogP contribution in [0.15, 0.2) is 48.5 Å². The van der Waals surface area contributed by atoms with Gasteiger partial charge in [-0.1, -0.05) is 30.3 Å². The van der Waals surface area contributed by atoms with Gasteiger partial charge in [0.2, 0.25) is 0 Å². The average molecular weight is 375 g/mol. The molecule has 3 nitrogen and oxygen atoms in total. The minimum Gasteiger partial charge on any atom is -0.339 e. The number of alkyl halides is 3. The van der Waals surface area contributed by atoms with Crippen LogP contribution in [-0.2, 0) is 6.18 Å². The molecular weight excluding hydrogens is 355 g/mol. The van der Waals surface area contributed by atoms with Crippen molar-refractivity contribution in [2.45, 2.75) is 31.9 Å². The van der Waals surface area contributed by atoms with Crippen molar-refractivity contribution < 1.29 is 22.8 Å². The van der Waals surface area contributed by atoms with E-state index in [0.717, 1.165) is 6.07 Å². The molecule has 1 fully saturated rings. The molecule has 27 heavy (non-hydrogen) atoms. The van der Waals surface area contributed by atoms with E-state index < -0.39 is 11.7 Å². The number of halogens is 3. The third-order valence-electron chi connectivity index (χ3n) is 5.00. The maximum Gasteiger partial charge on any atom is 0.416 e. The predicted octanol–water partition coefficient (Wildman–Crippen LogP) is 4.93. The Balaban J connectivity index is 1.72.